The van der Waals surface area contributed by atoms with E-state index in [1.165, 1.54) is 0 Å². The predicted molar refractivity (Wildman–Crippen MR) is 188 cm³/mol. The van der Waals surface area contributed by atoms with Crippen molar-refractivity contribution in [3.8, 4) is 16.9 Å². The first-order valence-electron chi connectivity index (χ1n) is 16.8. The number of nitrogens with zero attached hydrogens (tertiary/aromatic N) is 4. The molecule has 0 bridgehead atoms. The van der Waals surface area contributed by atoms with E-state index in [4.69, 9.17) is 25.1 Å². The largest absolute Gasteiger partial charge is 0.494 e. The van der Waals surface area contributed by atoms with Crippen LogP contribution < -0.4 is 10.1 Å². The number of carbonyl (C=O) groups excluding carboxylic acids is 1. The van der Waals surface area contributed by atoms with Gasteiger partial charge in [0.2, 0.25) is 5.90 Å². The fourth-order valence-electron chi connectivity index (χ4n) is 6.58. The monoisotopic (exact) mass is 659 g/mol. The Bertz CT molecular complexity index is 1780. The van der Waals surface area contributed by atoms with Gasteiger partial charge in [0.1, 0.15) is 5.75 Å². The van der Waals surface area contributed by atoms with Crippen LogP contribution in [0.25, 0.3) is 21.6 Å². The molecule has 2 aliphatic rings. The van der Waals surface area contributed by atoms with E-state index in [1.807, 2.05) is 91.0 Å². The van der Waals surface area contributed by atoms with Gasteiger partial charge in [-0.15, -0.1) is 0 Å². The first-order chi connectivity index (χ1) is 24.0. The number of nitrogens with one attached hydrogen (secondary N) is 1. The van der Waals surface area contributed by atoms with Crippen LogP contribution >= 0.6 is 0 Å². The number of aliphatic hydroxyl groups excluding tert-OH is 2. The quantitative estimate of drug-likeness (QED) is 0.0622. The normalized spacial score (nSPS) is 21.6. The van der Waals surface area contributed by atoms with Crippen molar-refractivity contribution in [2.24, 2.45) is 10.1 Å². The minimum atomic E-state index is -1.41. The lowest BCUT2D eigenvalue weighted by molar-refractivity contribution is -0.130. The van der Waals surface area contributed by atoms with Gasteiger partial charge in [0.25, 0.3) is 5.91 Å². The molecule has 49 heavy (non-hydrogen) atoms. The molecular weight excluding hydrogens is 618 g/mol. The van der Waals surface area contributed by atoms with Crippen molar-refractivity contribution in [1.29, 1.82) is 0 Å². The number of azide groups is 1. The lowest BCUT2D eigenvalue weighted by atomic mass is 9.80. The molecule has 1 saturated carbocycles. The molecule has 0 aromatic heterocycles. The Balaban J connectivity index is 1.43. The molecule has 0 unspecified atom stereocenters. The smallest absolute Gasteiger partial charge is 0.252 e. The highest BCUT2D eigenvalue weighted by atomic mass is 16.5. The van der Waals surface area contributed by atoms with E-state index >= 15 is 0 Å². The van der Waals surface area contributed by atoms with E-state index in [1.54, 1.807) is 0 Å². The second kappa shape index (κ2) is 15.8. The summed E-state index contributed by atoms with van der Waals surface area (Å²) < 4.78 is 12.5. The first kappa shape index (κ1) is 33.7. The molecule has 0 radical (unpaired) electrons. The van der Waals surface area contributed by atoms with Gasteiger partial charge < -0.3 is 25.0 Å². The molecule has 4 aromatic carbocycles. The van der Waals surface area contributed by atoms with Gasteiger partial charge >= 0.3 is 0 Å². The van der Waals surface area contributed by atoms with E-state index in [-0.39, 0.29) is 37.6 Å². The van der Waals surface area contributed by atoms with Gasteiger partial charge in [-0.3, -0.25) is 4.79 Å². The zero-order valence-corrected chi connectivity index (χ0v) is 27.3. The summed E-state index contributed by atoms with van der Waals surface area (Å²) in [4.78, 5) is 23.0. The Hall–Kier alpha value is -5.15. The number of aliphatic hydroxyl groups is 2. The summed E-state index contributed by atoms with van der Waals surface area (Å²) in [5, 5.41) is 26.4. The molecule has 2 atom stereocenters. The number of rotatable bonds is 13. The Labute approximate surface area is 286 Å². The van der Waals surface area contributed by atoms with Crippen molar-refractivity contribution in [3.05, 3.63) is 136 Å². The van der Waals surface area contributed by atoms with Crippen molar-refractivity contribution in [2.45, 2.75) is 68.9 Å². The number of amides is 1. The molecular formula is C39H41N5O5. The van der Waals surface area contributed by atoms with Crippen molar-refractivity contribution < 1.29 is 24.5 Å². The van der Waals surface area contributed by atoms with Gasteiger partial charge in [-0.05, 0) is 83.3 Å². The highest BCUT2D eigenvalue weighted by Gasteiger charge is 2.54. The van der Waals surface area contributed by atoms with Crippen LogP contribution in [0, 0.1) is 0 Å². The molecule has 0 spiro atoms. The Kier molecular flexibility index (Phi) is 10.9. The third-order valence-electron chi connectivity index (χ3n) is 9.27. The van der Waals surface area contributed by atoms with Gasteiger partial charge in [-0.25, -0.2) is 4.99 Å². The molecule has 1 amide bonds. The molecule has 1 aliphatic carbocycles. The fourth-order valence-corrected chi connectivity index (χ4v) is 6.58. The van der Waals surface area contributed by atoms with Crippen LogP contribution in [0.2, 0.25) is 0 Å². The second-order valence-electron chi connectivity index (χ2n) is 12.6. The maximum atomic E-state index is 14.8. The molecule has 1 heterocycles. The summed E-state index contributed by atoms with van der Waals surface area (Å²) in [6.45, 7) is 0.579. The number of carbonyl (C=O) groups is 1. The summed E-state index contributed by atoms with van der Waals surface area (Å²) in [7, 11) is 0. The molecule has 252 valence electrons. The summed E-state index contributed by atoms with van der Waals surface area (Å²) in [5.74, 6) is 0.726. The zero-order chi connectivity index (χ0) is 34.1. The standard InChI is InChI=1S/C39H41N5O5/c40-44-41-26-32-10-5-4-9-31(32)25-39(38(47)42-33-17-19-34(46)20-18-33)36(29-13-11-28(12-14-29)27-7-2-1-3-8-27)49-37(43-39)30-15-21-35(22-16-30)48-24-6-23-45/h1-5,7-16,21-22,33-34,36,45-46H,6,17-20,23-26H2,(H,42,47)/t33?,34?,36-,39-/m1/s1. The molecule has 10 heteroatoms. The van der Waals surface area contributed by atoms with Crippen molar-refractivity contribution >= 4 is 11.8 Å². The highest BCUT2D eigenvalue weighted by Crippen LogP contribution is 2.44. The van der Waals surface area contributed by atoms with Crippen LogP contribution in [0.1, 0.15) is 60.5 Å². The van der Waals surface area contributed by atoms with E-state index in [0.29, 0.717) is 55.9 Å². The second-order valence-corrected chi connectivity index (χ2v) is 12.6. The number of aliphatic imine (C=N–C) groups is 1. The first-order valence-corrected chi connectivity index (χ1v) is 16.8. The van der Waals surface area contributed by atoms with E-state index in [9.17, 15) is 9.90 Å². The van der Waals surface area contributed by atoms with Gasteiger partial charge in [0.05, 0.1) is 19.3 Å². The Morgan fingerprint density at radius 3 is 2.24 bits per heavy atom. The minimum Gasteiger partial charge on any atom is -0.494 e. The molecule has 1 aliphatic heterocycles. The molecule has 10 nitrogen and oxygen atoms in total. The van der Waals surface area contributed by atoms with Gasteiger partial charge in [0.15, 0.2) is 11.6 Å². The number of hydrogen-bond donors (Lipinski definition) is 3. The van der Waals surface area contributed by atoms with Crippen LogP contribution in [-0.4, -0.2) is 52.9 Å². The molecule has 4 aromatic rings. The number of benzene rings is 4. The third kappa shape index (κ3) is 7.95. The van der Waals surface area contributed by atoms with Crippen LogP contribution in [0.15, 0.2) is 113 Å². The Morgan fingerprint density at radius 1 is 0.898 bits per heavy atom. The van der Waals surface area contributed by atoms with Crippen LogP contribution in [0.5, 0.6) is 5.75 Å². The summed E-state index contributed by atoms with van der Waals surface area (Å²) in [6, 6.07) is 33.0. The van der Waals surface area contributed by atoms with Crippen molar-refractivity contribution in [3.63, 3.8) is 0 Å². The van der Waals surface area contributed by atoms with Crippen molar-refractivity contribution in [2.75, 3.05) is 13.2 Å². The predicted octanol–water partition coefficient (Wildman–Crippen LogP) is 6.84. The average Bonchev–Trinajstić information content (AvgIpc) is 3.53. The zero-order valence-electron chi connectivity index (χ0n) is 27.3. The van der Waals surface area contributed by atoms with Gasteiger partial charge in [-0.2, -0.15) is 0 Å². The lowest BCUT2D eigenvalue weighted by Crippen LogP contribution is -2.53. The van der Waals surface area contributed by atoms with Crippen LogP contribution in [-0.2, 0) is 22.5 Å². The topological polar surface area (TPSA) is 149 Å². The number of hydrogen-bond acceptors (Lipinski definition) is 7. The summed E-state index contributed by atoms with van der Waals surface area (Å²) in [5.41, 5.74) is 12.9. The average molecular weight is 660 g/mol. The molecule has 1 fully saturated rings. The van der Waals surface area contributed by atoms with Gasteiger partial charge in [0, 0.05) is 36.0 Å². The third-order valence-corrected chi connectivity index (χ3v) is 9.27. The van der Waals surface area contributed by atoms with Crippen LogP contribution in [0.4, 0.5) is 0 Å². The molecule has 0 saturated heterocycles. The maximum Gasteiger partial charge on any atom is 0.252 e. The lowest BCUT2D eigenvalue weighted by Gasteiger charge is -2.34. The van der Waals surface area contributed by atoms with Crippen LogP contribution in [0.3, 0.4) is 0 Å². The van der Waals surface area contributed by atoms with E-state index in [0.717, 1.165) is 27.8 Å². The Morgan fingerprint density at radius 2 is 1.55 bits per heavy atom. The number of ether oxygens (including phenoxy) is 2. The maximum absolute atomic E-state index is 14.8. The summed E-state index contributed by atoms with van der Waals surface area (Å²) >= 11 is 0. The van der Waals surface area contributed by atoms with Crippen molar-refractivity contribution in [1.82, 2.24) is 5.32 Å². The minimum absolute atomic E-state index is 0.0496. The van der Waals surface area contributed by atoms with E-state index in [2.05, 4.69) is 27.5 Å². The van der Waals surface area contributed by atoms with Gasteiger partial charge in [-0.1, -0.05) is 84.0 Å². The van der Waals surface area contributed by atoms with E-state index < -0.39 is 11.6 Å². The summed E-state index contributed by atoms with van der Waals surface area (Å²) in [6.07, 6.45) is 2.16. The SMILES string of the molecule is [N-]=[N+]=NCc1ccccc1C[C@@]1(C(=O)NC2CCC(O)CC2)N=C(c2ccc(OCCCO)cc2)O[C@@H]1c1ccc(-c2ccccc2)cc1. The highest BCUT2D eigenvalue weighted by molar-refractivity contribution is 6.01. The fraction of sp³-hybridized carbons (Fsp3) is 0.333. The molecule has 3 N–H and O–H groups in total. The molecule has 6 rings (SSSR count).